The molecule has 2 aromatic heterocycles. The summed E-state index contributed by atoms with van der Waals surface area (Å²) in [5.41, 5.74) is 0.693. The maximum Gasteiger partial charge on any atom is 0.261 e. The molecule has 0 amide bonds. The van der Waals surface area contributed by atoms with E-state index in [2.05, 4.69) is 15.1 Å². The molecule has 0 bridgehead atoms. The predicted molar refractivity (Wildman–Crippen MR) is 54.5 cm³/mol. The van der Waals surface area contributed by atoms with Crippen LogP contribution in [0.3, 0.4) is 0 Å². The van der Waals surface area contributed by atoms with E-state index in [9.17, 15) is 0 Å². The van der Waals surface area contributed by atoms with E-state index < -0.39 is 0 Å². The summed E-state index contributed by atoms with van der Waals surface area (Å²) in [6.45, 7) is 0. The fraction of sp³-hybridized carbons (Fsp3) is 0.300. The molecule has 1 aliphatic rings. The molecule has 4 nitrogen and oxygen atoms in total. The van der Waals surface area contributed by atoms with Gasteiger partial charge in [-0.05, 0) is 25.0 Å². The van der Waals surface area contributed by atoms with Gasteiger partial charge >= 0.3 is 0 Å². The summed E-state index contributed by atoms with van der Waals surface area (Å²) in [6.07, 6.45) is 3.93. The van der Waals surface area contributed by atoms with Gasteiger partial charge in [-0.3, -0.25) is 0 Å². The normalized spacial score (nSPS) is 15.5. The highest BCUT2D eigenvalue weighted by molar-refractivity contribution is 6.31. The van der Waals surface area contributed by atoms with Gasteiger partial charge in [-0.1, -0.05) is 16.8 Å². The molecule has 3 rings (SSSR count). The van der Waals surface area contributed by atoms with E-state index in [-0.39, 0.29) is 0 Å². The first-order valence-electron chi connectivity index (χ1n) is 4.79. The lowest BCUT2D eigenvalue weighted by Gasteiger charge is -1.94. The van der Waals surface area contributed by atoms with E-state index >= 15 is 0 Å². The van der Waals surface area contributed by atoms with Crippen molar-refractivity contribution in [3.8, 4) is 11.5 Å². The van der Waals surface area contributed by atoms with Gasteiger partial charge in [0, 0.05) is 12.1 Å². The Morgan fingerprint density at radius 3 is 3.00 bits per heavy atom. The second-order valence-electron chi connectivity index (χ2n) is 3.57. The fourth-order valence-electron chi connectivity index (χ4n) is 1.40. The van der Waals surface area contributed by atoms with Gasteiger partial charge < -0.3 is 4.52 Å². The van der Waals surface area contributed by atoms with E-state index in [1.807, 2.05) is 6.07 Å². The zero-order chi connectivity index (χ0) is 10.3. The van der Waals surface area contributed by atoms with Crippen LogP contribution in [-0.4, -0.2) is 15.1 Å². The minimum absolute atomic E-state index is 0.392. The van der Waals surface area contributed by atoms with E-state index in [1.54, 1.807) is 12.3 Å². The Hall–Kier alpha value is -1.42. The third-order valence-corrected chi connectivity index (χ3v) is 2.67. The van der Waals surface area contributed by atoms with Crippen molar-refractivity contribution >= 4 is 11.6 Å². The number of nitrogens with zero attached hydrogens (tertiary/aromatic N) is 3. The molecule has 1 fully saturated rings. The van der Waals surface area contributed by atoms with Crippen LogP contribution < -0.4 is 0 Å². The van der Waals surface area contributed by atoms with Crippen LogP contribution in [0.5, 0.6) is 0 Å². The SMILES string of the molecule is Clc1ncccc1-c1nc(C2CC2)no1. The van der Waals surface area contributed by atoms with Crippen molar-refractivity contribution in [2.24, 2.45) is 0 Å². The van der Waals surface area contributed by atoms with Crippen LogP contribution in [0.25, 0.3) is 11.5 Å². The van der Waals surface area contributed by atoms with E-state index in [1.165, 1.54) is 0 Å². The number of hydrogen-bond donors (Lipinski definition) is 0. The first kappa shape index (κ1) is 8.85. The number of rotatable bonds is 2. The van der Waals surface area contributed by atoms with Crippen LogP contribution in [0.15, 0.2) is 22.9 Å². The highest BCUT2D eigenvalue weighted by Crippen LogP contribution is 2.39. The van der Waals surface area contributed by atoms with Gasteiger partial charge in [0.2, 0.25) is 0 Å². The molecule has 76 valence electrons. The number of halogens is 1. The number of aromatic nitrogens is 3. The summed E-state index contributed by atoms with van der Waals surface area (Å²) in [5.74, 6) is 1.72. The molecular formula is C10H8ClN3O. The summed E-state index contributed by atoms with van der Waals surface area (Å²) in [7, 11) is 0. The van der Waals surface area contributed by atoms with E-state index in [4.69, 9.17) is 16.1 Å². The second kappa shape index (κ2) is 3.31. The molecule has 1 saturated carbocycles. The zero-order valence-corrected chi connectivity index (χ0v) is 8.61. The van der Waals surface area contributed by atoms with Gasteiger partial charge in [0.05, 0.1) is 5.56 Å². The van der Waals surface area contributed by atoms with Crippen LogP contribution >= 0.6 is 11.6 Å². The highest BCUT2D eigenvalue weighted by atomic mass is 35.5. The minimum Gasteiger partial charge on any atom is -0.334 e. The minimum atomic E-state index is 0.392. The van der Waals surface area contributed by atoms with Crippen molar-refractivity contribution in [3.05, 3.63) is 29.3 Å². The standard InChI is InChI=1S/C10H8ClN3O/c11-8-7(2-1-5-12-8)10-13-9(14-15-10)6-3-4-6/h1-2,5-6H,3-4H2. The van der Waals surface area contributed by atoms with Crippen LogP contribution in [0.2, 0.25) is 5.15 Å². The average molecular weight is 222 g/mol. The molecule has 0 radical (unpaired) electrons. The number of pyridine rings is 1. The zero-order valence-electron chi connectivity index (χ0n) is 7.85. The Labute approximate surface area is 91.3 Å². The third-order valence-electron chi connectivity index (χ3n) is 2.37. The van der Waals surface area contributed by atoms with Crippen LogP contribution in [-0.2, 0) is 0 Å². The summed E-state index contributed by atoms with van der Waals surface area (Å²) in [5, 5.41) is 4.32. The van der Waals surface area contributed by atoms with Gasteiger partial charge in [-0.2, -0.15) is 4.98 Å². The van der Waals surface area contributed by atoms with Gasteiger partial charge in [0.25, 0.3) is 5.89 Å². The largest absolute Gasteiger partial charge is 0.334 e. The maximum absolute atomic E-state index is 5.92. The molecule has 5 heteroatoms. The number of hydrogen-bond acceptors (Lipinski definition) is 4. The Bertz CT molecular complexity index is 493. The van der Waals surface area contributed by atoms with Gasteiger partial charge in [-0.25, -0.2) is 4.98 Å². The molecule has 2 heterocycles. The Morgan fingerprint density at radius 1 is 1.40 bits per heavy atom. The lowest BCUT2D eigenvalue weighted by Crippen LogP contribution is -1.84. The first-order valence-corrected chi connectivity index (χ1v) is 5.17. The van der Waals surface area contributed by atoms with Gasteiger partial charge in [0.1, 0.15) is 5.15 Å². The summed E-state index contributed by atoms with van der Waals surface area (Å²) in [4.78, 5) is 8.26. The van der Waals surface area contributed by atoms with Crippen LogP contribution in [0, 0.1) is 0 Å². The molecule has 0 atom stereocenters. The molecule has 15 heavy (non-hydrogen) atoms. The highest BCUT2D eigenvalue weighted by Gasteiger charge is 2.29. The lowest BCUT2D eigenvalue weighted by molar-refractivity contribution is 0.422. The molecule has 0 saturated heterocycles. The topological polar surface area (TPSA) is 51.8 Å². The molecule has 0 spiro atoms. The summed E-state index contributed by atoms with van der Waals surface area (Å²) in [6, 6.07) is 3.61. The fourth-order valence-corrected chi connectivity index (χ4v) is 1.60. The van der Waals surface area contributed by atoms with Gasteiger partial charge in [0.15, 0.2) is 5.82 Å². The van der Waals surface area contributed by atoms with Crippen LogP contribution in [0.1, 0.15) is 24.6 Å². The summed E-state index contributed by atoms with van der Waals surface area (Å²) >= 11 is 5.92. The monoisotopic (exact) mass is 221 g/mol. The summed E-state index contributed by atoms with van der Waals surface area (Å²) < 4.78 is 5.15. The van der Waals surface area contributed by atoms with Crippen molar-refractivity contribution in [2.45, 2.75) is 18.8 Å². The Balaban J connectivity index is 2.01. The predicted octanol–water partition coefficient (Wildman–Crippen LogP) is 2.66. The van der Waals surface area contributed by atoms with Crippen molar-refractivity contribution in [1.82, 2.24) is 15.1 Å². The van der Waals surface area contributed by atoms with Crippen molar-refractivity contribution in [3.63, 3.8) is 0 Å². The molecular weight excluding hydrogens is 214 g/mol. The van der Waals surface area contributed by atoms with E-state index in [0.29, 0.717) is 22.5 Å². The molecule has 0 N–H and O–H groups in total. The van der Waals surface area contributed by atoms with Crippen molar-refractivity contribution in [1.29, 1.82) is 0 Å². The molecule has 2 aromatic rings. The van der Waals surface area contributed by atoms with Crippen LogP contribution in [0.4, 0.5) is 0 Å². The second-order valence-corrected chi connectivity index (χ2v) is 3.93. The first-order chi connectivity index (χ1) is 7.34. The molecule has 0 aliphatic heterocycles. The van der Waals surface area contributed by atoms with Gasteiger partial charge in [-0.15, -0.1) is 0 Å². The molecule has 1 aliphatic carbocycles. The van der Waals surface area contributed by atoms with Crippen molar-refractivity contribution < 1.29 is 4.52 Å². The Kier molecular flexibility index (Phi) is 1.95. The van der Waals surface area contributed by atoms with Crippen molar-refractivity contribution in [2.75, 3.05) is 0 Å². The maximum atomic E-state index is 5.92. The third kappa shape index (κ3) is 1.61. The molecule has 0 aromatic carbocycles. The Morgan fingerprint density at radius 2 is 2.27 bits per heavy atom. The molecule has 0 unspecified atom stereocenters. The quantitative estimate of drug-likeness (QED) is 0.732. The smallest absolute Gasteiger partial charge is 0.261 e. The lowest BCUT2D eigenvalue weighted by atomic mass is 10.3. The van der Waals surface area contributed by atoms with E-state index in [0.717, 1.165) is 18.7 Å². The average Bonchev–Trinajstić information content (AvgIpc) is 2.99.